The van der Waals surface area contributed by atoms with Crippen molar-refractivity contribution in [3.63, 3.8) is 0 Å². The smallest absolute Gasteiger partial charge is 0.336 e. The molecular weight excluding hydrogens is 336 g/mol. The molecule has 0 aliphatic carbocycles. The first-order chi connectivity index (χ1) is 12.9. The third kappa shape index (κ3) is 5.78. The number of allylic oxidation sites excluding steroid dienone is 4. The highest BCUT2D eigenvalue weighted by Crippen LogP contribution is 2.21. The van der Waals surface area contributed by atoms with Gasteiger partial charge in [0.05, 0.1) is 5.56 Å². The summed E-state index contributed by atoms with van der Waals surface area (Å²) in [4.78, 5) is 24.7. The number of benzene rings is 2. The van der Waals surface area contributed by atoms with Gasteiger partial charge in [-0.1, -0.05) is 65.8 Å². The van der Waals surface area contributed by atoms with Crippen LogP contribution in [0.15, 0.2) is 71.8 Å². The van der Waals surface area contributed by atoms with E-state index < -0.39 is 5.97 Å². The third-order valence-electron chi connectivity index (χ3n) is 4.41. The Labute approximate surface area is 161 Å². The summed E-state index contributed by atoms with van der Waals surface area (Å²) < 4.78 is 0. The van der Waals surface area contributed by atoms with Gasteiger partial charge in [0.15, 0.2) is 5.78 Å². The second-order valence-electron chi connectivity index (χ2n) is 6.91. The lowest BCUT2D eigenvalue weighted by Gasteiger charge is -2.11. The summed E-state index contributed by atoms with van der Waals surface area (Å²) in [5.74, 6) is -1.33. The standard InChI is InChI=1S/C24H26O3/c1-17(2)9-7-10-18(3)15-16-19-13-8-14-21(24(26)27)22(19)23(25)20-11-5-4-6-12-20/h4-6,8-9,11-15H,7,10,16H2,1-3H3,(H,26,27)/b18-15+. The highest BCUT2D eigenvalue weighted by molar-refractivity contribution is 6.15. The molecule has 2 aromatic carbocycles. The molecule has 0 amide bonds. The lowest BCUT2D eigenvalue weighted by Crippen LogP contribution is -2.13. The number of rotatable bonds is 8. The number of carboxylic acids is 1. The van der Waals surface area contributed by atoms with Gasteiger partial charge in [-0.3, -0.25) is 4.79 Å². The van der Waals surface area contributed by atoms with Crippen molar-refractivity contribution in [3.8, 4) is 0 Å². The van der Waals surface area contributed by atoms with E-state index in [1.807, 2.05) is 12.1 Å². The molecule has 27 heavy (non-hydrogen) atoms. The summed E-state index contributed by atoms with van der Waals surface area (Å²) >= 11 is 0. The van der Waals surface area contributed by atoms with Crippen LogP contribution in [0.5, 0.6) is 0 Å². The first-order valence-corrected chi connectivity index (χ1v) is 9.14. The molecular formula is C24H26O3. The Kier molecular flexibility index (Phi) is 7.30. The van der Waals surface area contributed by atoms with Gasteiger partial charge >= 0.3 is 5.97 Å². The van der Waals surface area contributed by atoms with Crippen LogP contribution in [-0.4, -0.2) is 16.9 Å². The van der Waals surface area contributed by atoms with E-state index in [1.165, 1.54) is 17.2 Å². The Morgan fingerprint density at radius 3 is 2.26 bits per heavy atom. The molecule has 0 radical (unpaired) electrons. The summed E-state index contributed by atoms with van der Waals surface area (Å²) in [6.45, 7) is 6.23. The zero-order valence-electron chi connectivity index (χ0n) is 16.2. The zero-order valence-corrected chi connectivity index (χ0v) is 16.2. The van der Waals surface area contributed by atoms with Crippen LogP contribution in [0.1, 0.15) is 65.5 Å². The zero-order chi connectivity index (χ0) is 19.8. The second-order valence-corrected chi connectivity index (χ2v) is 6.91. The molecule has 2 aromatic rings. The lowest BCUT2D eigenvalue weighted by atomic mass is 9.91. The van der Waals surface area contributed by atoms with E-state index in [1.54, 1.807) is 30.3 Å². The molecule has 0 aromatic heterocycles. The molecule has 0 atom stereocenters. The van der Waals surface area contributed by atoms with Gasteiger partial charge < -0.3 is 5.11 Å². The molecule has 3 heteroatoms. The fourth-order valence-electron chi connectivity index (χ4n) is 2.93. The Hall–Kier alpha value is -2.94. The molecule has 0 aliphatic rings. The first-order valence-electron chi connectivity index (χ1n) is 9.14. The molecule has 0 saturated heterocycles. The van der Waals surface area contributed by atoms with E-state index in [4.69, 9.17) is 0 Å². The summed E-state index contributed by atoms with van der Waals surface area (Å²) in [6, 6.07) is 13.9. The number of ketones is 1. The summed E-state index contributed by atoms with van der Waals surface area (Å²) in [7, 11) is 0. The summed E-state index contributed by atoms with van der Waals surface area (Å²) in [5.41, 5.74) is 4.10. The van der Waals surface area contributed by atoms with Crippen molar-refractivity contribution in [2.24, 2.45) is 0 Å². The molecule has 3 nitrogen and oxygen atoms in total. The Morgan fingerprint density at radius 2 is 1.63 bits per heavy atom. The quantitative estimate of drug-likeness (QED) is 0.473. The van der Waals surface area contributed by atoms with Gasteiger partial charge in [-0.25, -0.2) is 4.79 Å². The summed E-state index contributed by atoms with van der Waals surface area (Å²) in [6.07, 6.45) is 6.76. The Balaban J connectivity index is 2.34. The van der Waals surface area contributed by atoms with E-state index in [0.717, 1.165) is 18.4 Å². The number of aromatic carboxylic acids is 1. The SMILES string of the molecule is CC(C)=CCC/C(C)=C/Cc1cccc(C(=O)O)c1C(=O)c1ccccc1. The molecule has 1 N–H and O–H groups in total. The fourth-order valence-corrected chi connectivity index (χ4v) is 2.93. The molecule has 0 bridgehead atoms. The van der Waals surface area contributed by atoms with E-state index >= 15 is 0 Å². The number of carbonyl (C=O) groups is 2. The molecule has 140 valence electrons. The van der Waals surface area contributed by atoms with Crippen molar-refractivity contribution in [1.82, 2.24) is 0 Å². The Morgan fingerprint density at radius 1 is 0.926 bits per heavy atom. The van der Waals surface area contributed by atoms with Gasteiger partial charge in [0.1, 0.15) is 0 Å². The molecule has 0 spiro atoms. The minimum atomic E-state index is -1.08. The highest BCUT2D eigenvalue weighted by atomic mass is 16.4. The molecule has 0 unspecified atom stereocenters. The van der Waals surface area contributed by atoms with Crippen molar-refractivity contribution in [2.75, 3.05) is 0 Å². The van der Waals surface area contributed by atoms with Crippen molar-refractivity contribution in [3.05, 3.63) is 94.1 Å². The highest BCUT2D eigenvalue weighted by Gasteiger charge is 2.21. The van der Waals surface area contributed by atoms with Crippen LogP contribution in [0.3, 0.4) is 0 Å². The maximum Gasteiger partial charge on any atom is 0.336 e. The maximum absolute atomic E-state index is 13.0. The maximum atomic E-state index is 13.0. The van der Waals surface area contributed by atoms with Gasteiger partial charge in [0.2, 0.25) is 0 Å². The van der Waals surface area contributed by atoms with Crippen LogP contribution in [0.25, 0.3) is 0 Å². The van der Waals surface area contributed by atoms with E-state index in [-0.39, 0.29) is 16.9 Å². The predicted molar refractivity (Wildman–Crippen MR) is 109 cm³/mol. The lowest BCUT2D eigenvalue weighted by molar-refractivity contribution is 0.0692. The molecule has 0 fully saturated rings. The van der Waals surface area contributed by atoms with Gasteiger partial charge in [-0.2, -0.15) is 0 Å². The predicted octanol–water partition coefficient (Wildman–Crippen LogP) is 5.85. The number of hydrogen-bond donors (Lipinski definition) is 1. The van der Waals surface area contributed by atoms with Gasteiger partial charge in [0, 0.05) is 11.1 Å². The van der Waals surface area contributed by atoms with E-state index in [2.05, 4.69) is 32.9 Å². The number of carboxylic acid groups (broad SMARTS) is 1. The third-order valence-corrected chi connectivity index (χ3v) is 4.41. The van der Waals surface area contributed by atoms with Crippen LogP contribution >= 0.6 is 0 Å². The van der Waals surface area contributed by atoms with Crippen LogP contribution in [0.4, 0.5) is 0 Å². The van der Waals surface area contributed by atoms with Crippen LogP contribution < -0.4 is 0 Å². The largest absolute Gasteiger partial charge is 0.478 e. The van der Waals surface area contributed by atoms with Crippen molar-refractivity contribution in [1.29, 1.82) is 0 Å². The molecule has 2 rings (SSSR count). The average molecular weight is 362 g/mol. The van der Waals surface area contributed by atoms with Crippen LogP contribution in [0.2, 0.25) is 0 Å². The fraction of sp³-hybridized carbons (Fsp3) is 0.250. The number of hydrogen-bond acceptors (Lipinski definition) is 2. The van der Waals surface area contributed by atoms with Crippen molar-refractivity contribution >= 4 is 11.8 Å². The van der Waals surface area contributed by atoms with Crippen molar-refractivity contribution < 1.29 is 14.7 Å². The summed E-state index contributed by atoms with van der Waals surface area (Å²) in [5, 5.41) is 9.56. The normalized spacial score (nSPS) is 11.1. The van der Waals surface area contributed by atoms with E-state index in [9.17, 15) is 14.7 Å². The number of carbonyl (C=O) groups excluding carboxylic acids is 1. The van der Waals surface area contributed by atoms with Crippen LogP contribution in [-0.2, 0) is 6.42 Å². The van der Waals surface area contributed by atoms with Gasteiger partial charge in [-0.15, -0.1) is 0 Å². The molecule has 0 saturated carbocycles. The first kappa shape index (κ1) is 20.4. The molecule has 0 aliphatic heterocycles. The van der Waals surface area contributed by atoms with Gasteiger partial charge in [-0.05, 0) is 51.7 Å². The van der Waals surface area contributed by atoms with E-state index in [0.29, 0.717) is 12.0 Å². The second kappa shape index (κ2) is 9.67. The minimum Gasteiger partial charge on any atom is -0.478 e. The monoisotopic (exact) mass is 362 g/mol. The minimum absolute atomic E-state index is 0.0527. The van der Waals surface area contributed by atoms with Crippen molar-refractivity contribution in [2.45, 2.75) is 40.0 Å². The Bertz CT molecular complexity index is 870. The average Bonchev–Trinajstić information content (AvgIpc) is 2.65. The van der Waals surface area contributed by atoms with Gasteiger partial charge in [0.25, 0.3) is 0 Å². The topological polar surface area (TPSA) is 54.4 Å². The van der Waals surface area contributed by atoms with Crippen LogP contribution in [0, 0.1) is 0 Å². The molecule has 0 heterocycles.